The molecule has 0 saturated carbocycles. The van der Waals surface area contributed by atoms with Gasteiger partial charge in [0.1, 0.15) is 0 Å². The van der Waals surface area contributed by atoms with Crippen LogP contribution >= 0.6 is 0 Å². The molecule has 0 aliphatic heterocycles. The van der Waals surface area contributed by atoms with E-state index in [9.17, 15) is 0 Å². The van der Waals surface area contributed by atoms with Gasteiger partial charge in [0.2, 0.25) is 0 Å². The Kier molecular flexibility index (Phi) is 7.48. The Hall–Kier alpha value is -0.686. The Morgan fingerprint density at radius 1 is 0.731 bits per heavy atom. The average Bonchev–Trinajstić information content (AvgIpc) is 3.13. The first-order chi connectivity index (χ1) is 12.1. The summed E-state index contributed by atoms with van der Waals surface area (Å²) in [5, 5.41) is 0. The maximum atomic E-state index is 6.08. The van der Waals surface area contributed by atoms with Gasteiger partial charge in [-0.05, 0) is 87.3 Å². The van der Waals surface area contributed by atoms with Crippen LogP contribution in [-0.4, -0.2) is 29.8 Å². The Balaban J connectivity index is 1.92. The van der Waals surface area contributed by atoms with Crippen LogP contribution in [0.2, 0.25) is 39.3 Å². The molecule has 0 bridgehead atoms. The van der Waals surface area contributed by atoms with Crippen LogP contribution in [0.15, 0.2) is 46.6 Å². The Morgan fingerprint density at radius 2 is 1.12 bits per heavy atom. The molecule has 2 aliphatic carbocycles. The Morgan fingerprint density at radius 3 is 1.46 bits per heavy atom. The lowest BCUT2D eigenvalue weighted by atomic mass is 9.85. The van der Waals surface area contributed by atoms with Crippen molar-refractivity contribution < 1.29 is 8.85 Å². The van der Waals surface area contributed by atoms with Crippen molar-refractivity contribution in [3.63, 3.8) is 0 Å². The van der Waals surface area contributed by atoms with E-state index in [-0.39, 0.29) is 0 Å². The fraction of sp³-hybridized carbons (Fsp3) is 0.636. The van der Waals surface area contributed by atoms with Crippen LogP contribution < -0.4 is 0 Å². The summed E-state index contributed by atoms with van der Waals surface area (Å²) in [6, 6.07) is 0. The highest BCUT2D eigenvalue weighted by atomic mass is 28.4. The fourth-order valence-electron chi connectivity index (χ4n) is 3.66. The molecule has 0 radical (unpaired) electrons. The molecule has 146 valence electrons. The molecule has 2 aliphatic rings. The predicted octanol–water partition coefficient (Wildman–Crippen LogP) is 6.62. The molecule has 0 amide bonds. The molecule has 0 N–H and O–H groups in total. The van der Waals surface area contributed by atoms with Gasteiger partial charge in [0.25, 0.3) is 0 Å². The van der Waals surface area contributed by atoms with Crippen LogP contribution in [0.1, 0.15) is 32.6 Å². The molecule has 0 unspecified atom stereocenters. The standard InChI is InChI=1S/C22H38O2Si2/c1-18(21-12-8-10-19(21)14-16-23-25(2,3)4)22-13-9-11-20(22)15-17-24-26(5,6)7/h10-13,18H,8-9,14-17H2,1-7H3. The summed E-state index contributed by atoms with van der Waals surface area (Å²) in [6.07, 6.45) is 13.9. The van der Waals surface area contributed by atoms with Crippen LogP contribution in [0.3, 0.4) is 0 Å². The zero-order valence-electron chi connectivity index (χ0n) is 17.9. The zero-order chi connectivity index (χ0) is 19.4. The number of hydrogen-bond donors (Lipinski definition) is 0. The minimum atomic E-state index is -1.42. The summed E-state index contributed by atoms with van der Waals surface area (Å²) in [5.74, 6) is 0.483. The quantitative estimate of drug-likeness (QED) is 0.390. The SMILES string of the molecule is CC(C1=CCC=C1CCO[Si](C)(C)C)C1=CCC=C1CCO[Si](C)(C)C. The monoisotopic (exact) mass is 390 g/mol. The molecule has 0 saturated heterocycles. The molecular weight excluding hydrogens is 352 g/mol. The van der Waals surface area contributed by atoms with Crippen LogP contribution in [0.5, 0.6) is 0 Å². The minimum Gasteiger partial charge on any atom is -0.417 e. The lowest BCUT2D eigenvalue weighted by molar-refractivity contribution is 0.315. The third-order valence-corrected chi connectivity index (χ3v) is 7.03. The van der Waals surface area contributed by atoms with E-state index in [1.807, 2.05) is 0 Å². The maximum Gasteiger partial charge on any atom is 0.183 e. The lowest BCUT2D eigenvalue weighted by Crippen LogP contribution is -2.26. The van der Waals surface area contributed by atoms with Gasteiger partial charge in [0.05, 0.1) is 0 Å². The van der Waals surface area contributed by atoms with Gasteiger partial charge in [-0.1, -0.05) is 31.2 Å². The summed E-state index contributed by atoms with van der Waals surface area (Å²) in [4.78, 5) is 0. The maximum absolute atomic E-state index is 6.08. The van der Waals surface area contributed by atoms with Gasteiger partial charge in [-0.3, -0.25) is 0 Å². The third kappa shape index (κ3) is 6.80. The highest BCUT2D eigenvalue weighted by molar-refractivity contribution is 6.70. The van der Waals surface area contributed by atoms with E-state index in [0.29, 0.717) is 5.92 Å². The van der Waals surface area contributed by atoms with Crippen molar-refractivity contribution >= 4 is 16.6 Å². The molecule has 0 atom stereocenters. The topological polar surface area (TPSA) is 18.5 Å². The van der Waals surface area contributed by atoms with E-state index in [1.54, 1.807) is 0 Å². The summed E-state index contributed by atoms with van der Waals surface area (Å²) in [6.45, 7) is 17.7. The minimum absolute atomic E-state index is 0.483. The van der Waals surface area contributed by atoms with Gasteiger partial charge >= 0.3 is 0 Å². The molecule has 0 aromatic rings. The van der Waals surface area contributed by atoms with E-state index in [0.717, 1.165) is 38.9 Å². The molecule has 2 rings (SSSR count). The van der Waals surface area contributed by atoms with Gasteiger partial charge in [-0.15, -0.1) is 0 Å². The molecule has 0 spiro atoms. The summed E-state index contributed by atoms with van der Waals surface area (Å²) in [5.41, 5.74) is 6.05. The molecular formula is C22H38O2Si2. The van der Waals surface area contributed by atoms with Crippen LogP contribution in [0.4, 0.5) is 0 Å². The van der Waals surface area contributed by atoms with Gasteiger partial charge in [-0.2, -0.15) is 0 Å². The van der Waals surface area contributed by atoms with Crippen molar-refractivity contribution in [1.29, 1.82) is 0 Å². The second-order valence-corrected chi connectivity index (χ2v) is 18.4. The van der Waals surface area contributed by atoms with Gasteiger partial charge < -0.3 is 8.85 Å². The number of rotatable bonds is 10. The zero-order valence-corrected chi connectivity index (χ0v) is 19.9. The van der Waals surface area contributed by atoms with E-state index >= 15 is 0 Å². The van der Waals surface area contributed by atoms with E-state index < -0.39 is 16.6 Å². The smallest absolute Gasteiger partial charge is 0.183 e. The second-order valence-electron chi connectivity index (χ2n) is 9.39. The molecule has 0 fully saturated rings. The molecule has 0 heterocycles. The number of hydrogen-bond acceptors (Lipinski definition) is 2. The summed E-state index contributed by atoms with van der Waals surface area (Å²) >= 11 is 0. The Bertz CT molecular complexity index is 559. The second kappa shape index (κ2) is 9.00. The normalized spacial score (nSPS) is 18.2. The van der Waals surface area contributed by atoms with Crippen LogP contribution in [0, 0.1) is 5.92 Å². The molecule has 26 heavy (non-hydrogen) atoms. The fourth-order valence-corrected chi connectivity index (χ4v) is 5.09. The molecule has 0 aromatic carbocycles. The highest BCUT2D eigenvalue weighted by Crippen LogP contribution is 2.38. The molecule has 0 aromatic heterocycles. The van der Waals surface area contributed by atoms with Crippen molar-refractivity contribution in [2.75, 3.05) is 13.2 Å². The third-order valence-electron chi connectivity index (χ3n) is 4.89. The van der Waals surface area contributed by atoms with Crippen molar-refractivity contribution in [2.45, 2.75) is 71.9 Å². The first-order valence-corrected chi connectivity index (χ1v) is 17.0. The first-order valence-electron chi connectivity index (χ1n) is 10.1. The van der Waals surface area contributed by atoms with E-state index in [4.69, 9.17) is 8.85 Å². The van der Waals surface area contributed by atoms with Crippen molar-refractivity contribution in [2.24, 2.45) is 5.92 Å². The first kappa shape index (κ1) is 21.6. The van der Waals surface area contributed by atoms with Crippen LogP contribution in [-0.2, 0) is 8.85 Å². The average molecular weight is 391 g/mol. The van der Waals surface area contributed by atoms with E-state index in [2.05, 4.69) is 70.5 Å². The predicted molar refractivity (Wildman–Crippen MR) is 119 cm³/mol. The number of allylic oxidation sites excluding steroid dienone is 6. The van der Waals surface area contributed by atoms with Crippen molar-refractivity contribution in [3.8, 4) is 0 Å². The summed E-state index contributed by atoms with van der Waals surface area (Å²) in [7, 11) is -2.85. The van der Waals surface area contributed by atoms with Gasteiger partial charge in [0.15, 0.2) is 16.6 Å². The Labute approximate surface area is 163 Å². The molecule has 2 nitrogen and oxygen atoms in total. The largest absolute Gasteiger partial charge is 0.417 e. The van der Waals surface area contributed by atoms with Crippen molar-refractivity contribution in [1.82, 2.24) is 0 Å². The van der Waals surface area contributed by atoms with Crippen LogP contribution in [0.25, 0.3) is 0 Å². The highest BCUT2D eigenvalue weighted by Gasteiger charge is 2.24. The van der Waals surface area contributed by atoms with E-state index in [1.165, 1.54) is 22.3 Å². The van der Waals surface area contributed by atoms with Crippen molar-refractivity contribution in [3.05, 3.63) is 46.6 Å². The lowest BCUT2D eigenvalue weighted by Gasteiger charge is -2.23. The molecule has 4 heteroatoms. The van der Waals surface area contributed by atoms with Gasteiger partial charge in [0, 0.05) is 19.1 Å². The summed E-state index contributed by atoms with van der Waals surface area (Å²) < 4.78 is 12.2. The van der Waals surface area contributed by atoms with Gasteiger partial charge in [-0.25, -0.2) is 0 Å².